The van der Waals surface area contributed by atoms with Gasteiger partial charge in [-0.05, 0) is 60.9 Å². The van der Waals surface area contributed by atoms with E-state index >= 15 is 0 Å². The third-order valence-electron chi connectivity index (χ3n) is 6.70. The molecule has 0 radical (unpaired) electrons. The minimum absolute atomic E-state index is 0.113. The summed E-state index contributed by atoms with van der Waals surface area (Å²) in [6, 6.07) is 17.9. The highest BCUT2D eigenvalue weighted by Gasteiger charge is 2.15. The van der Waals surface area contributed by atoms with Crippen molar-refractivity contribution in [3.8, 4) is 0 Å². The molecule has 5 rings (SSSR count). The molecule has 0 atom stereocenters. The van der Waals surface area contributed by atoms with Crippen molar-refractivity contribution in [2.45, 2.75) is 40.3 Å². The second kappa shape index (κ2) is 10.6. The number of morpholine rings is 1. The van der Waals surface area contributed by atoms with Gasteiger partial charge in [-0.2, -0.15) is 0 Å². The van der Waals surface area contributed by atoms with Gasteiger partial charge in [0.15, 0.2) is 5.65 Å². The molecule has 2 aromatic heterocycles. The Balaban J connectivity index is 1.25. The van der Waals surface area contributed by atoms with Crippen LogP contribution in [0.5, 0.6) is 0 Å². The van der Waals surface area contributed by atoms with E-state index in [-0.39, 0.29) is 5.91 Å². The maximum atomic E-state index is 12.8. The zero-order valence-electron chi connectivity index (χ0n) is 21.3. The predicted molar refractivity (Wildman–Crippen MR) is 142 cm³/mol. The van der Waals surface area contributed by atoms with Gasteiger partial charge >= 0.3 is 0 Å². The van der Waals surface area contributed by atoms with Gasteiger partial charge in [0.1, 0.15) is 11.3 Å². The number of fused-ring (bicyclic) bond motifs is 1. The van der Waals surface area contributed by atoms with Crippen molar-refractivity contribution in [2.75, 3.05) is 31.6 Å². The van der Waals surface area contributed by atoms with Crippen molar-refractivity contribution in [1.82, 2.24) is 19.4 Å². The molecule has 4 aromatic rings. The first-order valence-corrected chi connectivity index (χ1v) is 12.6. The summed E-state index contributed by atoms with van der Waals surface area (Å²) in [4.78, 5) is 24.8. The van der Waals surface area contributed by atoms with Crippen molar-refractivity contribution < 1.29 is 9.53 Å². The molecule has 36 heavy (non-hydrogen) atoms. The first kappa shape index (κ1) is 24.2. The summed E-state index contributed by atoms with van der Waals surface area (Å²) in [7, 11) is 0. The first-order valence-electron chi connectivity index (χ1n) is 12.6. The molecule has 186 valence electrons. The van der Waals surface area contributed by atoms with Gasteiger partial charge in [-0.15, -0.1) is 0 Å². The number of nitrogens with one attached hydrogen (secondary N) is 1. The van der Waals surface area contributed by atoms with Gasteiger partial charge in [-0.1, -0.05) is 31.2 Å². The average Bonchev–Trinajstić information content (AvgIpc) is 3.24. The third-order valence-corrected chi connectivity index (χ3v) is 6.70. The van der Waals surface area contributed by atoms with Gasteiger partial charge in [0, 0.05) is 43.0 Å². The molecule has 1 N–H and O–H groups in total. The maximum absolute atomic E-state index is 12.8. The number of amides is 1. The Kier molecular flexibility index (Phi) is 7.11. The molecular formula is C29H33N5O2. The summed E-state index contributed by atoms with van der Waals surface area (Å²) >= 11 is 0. The standard InChI is InChI=1S/C29H33N5O2/c1-4-26-32-27-20(2)17-21(3)30-28(27)34(26)19-23-5-9-24(10-6-23)29(35)31-25-11-7-22(8-12-25)18-33-13-15-36-16-14-33/h5-12,17H,4,13-16,18-19H2,1-3H3,(H,31,35). The summed E-state index contributed by atoms with van der Waals surface area (Å²) in [5.74, 6) is 0.905. The first-order chi connectivity index (χ1) is 17.5. The average molecular weight is 484 g/mol. The lowest BCUT2D eigenvalue weighted by atomic mass is 10.1. The summed E-state index contributed by atoms with van der Waals surface area (Å²) in [6.07, 6.45) is 0.834. The number of rotatable bonds is 7. The number of nitrogens with zero attached hydrogens (tertiary/aromatic N) is 4. The molecule has 0 bridgehead atoms. The van der Waals surface area contributed by atoms with Crippen LogP contribution in [0.2, 0.25) is 0 Å². The number of hydrogen-bond acceptors (Lipinski definition) is 5. The molecule has 7 heteroatoms. The third kappa shape index (κ3) is 5.32. The lowest BCUT2D eigenvalue weighted by Crippen LogP contribution is -2.35. The SMILES string of the molecule is CCc1nc2c(C)cc(C)nc2n1Cc1ccc(C(=O)Nc2ccc(CN3CCOCC3)cc2)cc1. The van der Waals surface area contributed by atoms with Crippen molar-refractivity contribution in [1.29, 1.82) is 0 Å². The Morgan fingerprint density at radius 1 is 0.944 bits per heavy atom. The molecule has 7 nitrogen and oxygen atoms in total. The summed E-state index contributed by atoms with van der Waals surface area (Å²) in [6.45, 7) is 11.3. The number of benzene rings is 2. The van der Waals surface area contributed by atoms with Crippen LogP contribution in [-0.4, -0.2) is 51.6 Å². The van der Waals surface area contributed by atoms with Gasteiger partial charge in [0.05, 0.1) is 19.8 Å². The number of carbonyl (C=O) groups is 1. The van der Waals surface area contributed by atoms with Crippen LogP contribution in [-0.2, 0) is 24.2 Å². The van der Waals surface area contributed by atoms with E-state index in [4.69, 9.17) is 14.7 Å². The Morgan fingerprint density at radius 2 is 1.61 bits per heavy atom. The zero-order valence-corrected chi connectivity index (χ0v) is 21.3. The van der Waals surface area contributed by atoms with E-state index < -0.39 is 0 Å². The molecule has 3 heterocycles. The minimum Gasteiger partial charge on any atom is -0.379 e. The Hall–Kier alpha value is -3.55. The number of aryl methyl sites for hydroxylation is 3. The van der Waals surface area contributed by atoms with Gasteiger partial charge < -0.3 is 14.6 Å². The maximum Gasteiger partial charge on any atom is 0.255 e. The Labute approximate surface area is 212 Å². The van der Waals surface area contributed by atoms with Gasteiger partial charge in [0.25, 0.3) is 5.91 Å². The largest absolute Gasteiger partial charge is 0.379 e. The van der Waals surface area contributed by atoms with Gasteiger partial charge in [-0.3, -0.25) is 9.69 Å². The topological polar surface area (TPSA) is 72.3 Å². The highest BCUT2D eigenvalue weighted by molar-refractivity contribution is 6.04. The van der Waals surface area contributed by atoms with E-state index in [0.29, 0.717) is 12.1 Å². The number of pyridine rings is 1. The van der Waals surface area contributed by atoms with Crippen molar-refractivity contribution >= 4 is 22.8 Å². The Bertz CT molecular complexity index is 1350. The van der Waals surface area contributed by atoms with E-state index in [1.54, 1.807) is 0 Å². The lowest BCUT2D eigenvalue weighted by Gasteiger charge is -2.26. The van der Waals surface area contributed by atoms with Crippen molar-refractivity contribution in [3.05, 3.63) is 88.4 Å². The van der Waals surface area contributed by atoms with E-state index in [2.05, 4.69) is 46.8 Å². The van der Waals surface area contributed by atoms with E-state index in [0.717, 1.165) is 78.8 Å². The summed E-state index contributed by atoms with van der Waals surface area (Å²) in [5, 5.41) is 3.01. The monoisotopic (exact) mass is 483 g/mol. The van der Waals surface area contributed by atoms with E-state index in [1.807, 2.05) is 43.3 Å². The summed E-state index contributed by atoms with van der Waals surface area (Å²) in [5.41, 5.74) is 7.78. The summed E-state index contributed by atoms with van der Waals surface area (Å²) < 4.78 is 7.60. The molecule has 0 aliphatic carbocycles. The van der Waals surface area contributed by atoms with E-state index in [1.165, 1.54) is 5.56 Å². The molecular weight excluding hydrogens is 450 g/mol. The second-order valence-electron chi connectivity index (χ2n) is 9.46. The number of hydrogen-bond donors (Lipinski definition) is 1. The fourth-order valence-corrected chi connectivity index (χ4v) is 4.74. The fraction of sp³-hybridized carbons (Fsp3) is 0.345. The number of anilines is 1. The number of ether oxygens (including phenoxy) is 1. The van der Waals surface area contributed by atoms with Crippen LogP contribution in [0, 0.1) is 13.8 Å². The minimum atomic E-state index is -0.113. The van der Waals surface area contributed by atoms with Crippen LogP contribution in [0.1, 0.15) is 45.5 Å². The number of imidazole rings is 1. The van der Waals surface area contributed by atoms with Crippen LogP contribution >= 0.6 is 0 Å². The molecule has 1 amide bonds. The highest BCUT2D eigenvalue weighted by atomic mass is 16.5. The number of carbonyl (C=O) groups excluding carboxylic acids is 1. The zero-order chi connectivity index (χ0) is 25.1. The quantitative estimate of drug-likeness (QED) is 0.411. The Morgan fingerprint density at radius 3 is 2.31 bits per heavy atom. The normalized spacial score (nSPS) is 14.3. The van der Waals surface area contributed by atoms with Crippen LogP contribution in [0.4, 0.5) is 5.69 Å². The van der Waals surface area contributed by atoms with E-state index in [9.17, 15) is 4.79 Å². The molecule has 0 spiro atoms. The van der Waals surface area contributed by atoms with Crippen LogP contribution in [0.25, 0.3) is 11.2 Å². The second-order valence-corrected chi connectivity index (χ2v) is 9.46. The molecule has 0 saturated carbocycles. The molecule has 1 fully saturated rings. The highest BCUT2D eigenvalue weighted by Crippen LogP contribution is 2.21. The van der Waals surface area contributed by atoms with Gasteiger partial charge in [0.2, 0.25) is 0 Å². The van der Waals surface area contributed by atoms with Crippen molar-refractivity contribution in [3.63, 3.8) is 0 Å². The van der Waals surface area contributed by atoms with Gasteiger partial charge in [-0.25, -0.2) is 9.97 Å². The lowest BCUT2D eigenvalue weighted by molar-refractivity contribution is 0.0342. The molecule has 1 aliphatic rings. The predicted octanol–water partition coefficient (Wildman–Crippen LogP) is 4.74. The van der Waals surface area contributed by atoms with Crippen LogP contribution in [0.3, 0.4) is 0 Å². The molecule has 2 aromatic carbocycles. The van der Waals surface area contributed by atoms with Crippen LogP contribution in [0.15, 0.2) is 54.6 Å². The fourth-order valence-electron chi connectivity index (χ4n) is 4.74. The molecule has 0 unspecified atom stereocenters. The number of aromatic nitrogens is 3. The van der Waals surface area contributed by atoms with Crippen LogP contribution < -0.4 is 5.32 Å². The smallest absolute Gasteiger partial charge is 0.255 e. The molecule has 1 saturated heterocycles. The molecule has 1 aliphatic heterocycles. The van der Waals surface area contributed by atoms with Crippen molar-refractivity contribution in [2.24, 2.45) is 0 Å².